The standard InChI is InChI=1S/C27H32N6O6/c1-2-38-19(35)9-8-17-12-27(30-13-17,11-10-16-6-4-3-5-7-16)26-31-23(28)20-24(32-26)33(15-29-20)25-22(37)21(36)18(14-34)39-25/h3-7,12-13,15,18,21-22,25,34,36-37H,2,8-11,14H2,1H3,(H2,28,31,32)/t18-,21?,22?,25-,27?/m1/s1. The molecule has 0 saturated carbocycles. The Morgan fingerprint density at radius 3 is 2.69 bits per heavy atom. The number of aliphatic hydroxyl groups excluding tert-OH is 3. The van der Waals surface area contributed by atoms with E-state index >= 15 is 0 Å². The second kappa shape index (κ2) is 11.2. The van der Waals surface area contributed by atoms with E-state index in [-0.39, 0.29) is 18.2 Å². The van der Waals surface area contributed by atoms with Gasteiger partial charge in [-0.1, -0.05) is 30.3 Å². The van der Waals surface area contributed by atoms with Crippen LogP contribution in [0.2, 0.25) is 0 Å². The summed E-state index contributed by atoms with van der Waals surface area (Å²) < 4.78 is 12.2. The van der Waals surface area contributed by atoms with Crippen molar-refractivity contribution in [3.05, 3.63) is 59.7 Å². The van der Waals surface area contributed by atoms with Crippen molar-refractivity contribution < 1.29 is 29.6 Å². The molecule has 0 spiro atoms. The molecule has 1 aromatic carbocycles. The number of hydrogen-bond donors (Lipinski definition) is 4. The molecule has 0 aliphatic carbocycles. The van der Waals surface area contributed by atoms with Crippen LogP contribution in [0.1, 0.15) is 43.8 Å². The number of fused-ring (bicyclic) bond motifs is 1. The van der Waals surface area contributed by atoms with Crippen molar-refractivity contribution in [1.82, 2.24) is 19.5 Å². The zero-order valence-corrected chi connectivity index (χ0v) is 21.6. The van der Waals surface area contributed by atoms with Crippen LogP contribution in [0.4, 0.5) is 5.82 Å². The average molecular weight is 537 g/mol. The first-order valence-corrected chi connectivity index (χ1v) is 12.9. The lowest BCUT2D eigenvalue weighted by Crippen LogP contribution is -2.33. The van der Waals surface area contributed by atoms with Crippen molar-refractivity contribution in [2.24, 2.45) is 4.99 Å². The number of hydrogen-bond acceptors (Lipinski definition) is 11. The number of anilines is 1. The van der Waals surface area contributed by atoms with Crippen LogP contribution in [-0.4, -0.2) is 78.5 Å². The number of benzene rings is 1. The number of ether oxygens (including phenoxy) is 2. The molecule has 39 heavy (non-hydrogen) atoms. The number of carbonyl (C=O) groups excluding carboxylic acids is 1. The summed E-state index contributed by atoms with van der Waals surface area (Å²) in [5.41, 5.74) is 7.96. The van der Waals surface area contributed by atoms with E-state index in [9.17, 15) is 20.1 Å². The maximum Gasteiger partial charge on any atom is 0.306 e. The van der Waals surface area contributed by atoms with Crippen LogP contribution >= 0.6 is 0 Å². The third-order valence-corrected chi connectivity index (χ3v) is 7.07. The van der Waals surface area contributed by atoms with E-state index in [1.165, 1.54) is 10.9 Å². The molecule has 0 bridgehead atoms. The van der Waals surface area contributed by atoms with Gasteiger partial charge in [0.2, 0.25) is 0 Å². The topological polar surface area (TPSA) is 178 Å². The van der Waals surface area contributed by atoms with Crippen molar-refractivity contribution in [1.29, 1.82) is 0 Å². The zero-order valence-electron chi connectivity index (χ0n) is 21.6. The summed E-state index contributed by atoms with van der Waals surface area (Å²) in [5.74, 6) is 0.181. The molecule has 2 aromatic heterocycles. The molecule has 3 aromatic rings. The minimum atomic E-state index is -1.31. The number of rotatable bonds is 10. The fraction of sp³-hybridized carbons (Fsp3) is 0.444. The largest absolute Gasteiger partial charge is 0.466 e. The smallest absolute Gasteiger partial charge is 0.306 e. The monoisotopic (exact) mass is 536 g/mol. The molecule has 5 N–H and O–H groups in total. The fourth-order valence-electron chi connectivity index (χ4n) is 4.97. The first-order valence-electron chi connectivity index (χ1n) is 12.9. The number of nitrogens with zero attached hydrogens (tertiary/aromatic N) is 5. The third-order valence-electron chi connectivity index (χ3n) is 7.07. The van der Waals surface area contributed by atoms with Crippen molar-refractivity contribution in [2.45, 2.75) is 62.7 Å². The summed E-state index contributed by atoms with van der Waals surface area (Å²) in [5, 5.41) is 30.4. The number of nitrogens with two attached hydrogens (primary N) is 1. The summed E-state index contributed by atoms with van der Waals surface area (Å²) in [6.45, 7) is 1.63. The van der Waals surface area contributed by atoms with Gasteiger partial charge in [0.15, 0.2) is 23.5 Å². The number of allylic oxidation sites excluding steroid dienone is 1. The van der Waals surface area contributed by atoms with Crippen molar-refractivity contribution in [3.63, 3.8) is 0 Å². The zero-order chi connectivity index (χ0) is 27.6. The van der Waals surface area contributed by atoms with E-state index in [1.54, 1.807) is 13.1 Å². The maximum absolute atomic E-state index is 12.0. The number of aromatic nitrogens is 4. The Kier molecular flexibility index (Phi) is 7.71. The average Bonchev–Trinajstić information content (AvgIpc) is 3.64. The van der Waals surface area contributed by atoms with Crippen LogP contribution in [0.3, 0.4) is 0 Å². The number of aliphatic hydroxyl groups is 3. The van der Waals surface area contributed by atoms with E-state index in [4.69, 9.17) is 25.2 Å². The van der Waals surface area contributed by atoms with Crippen LogP contribution in [0, 0.1) is 0 Å². The lowest BCUT2D eigenvalue weighted by Gasteiger charge is -2.24. The molecular formula is C27H32N6O6. The van der Waals surface area contributed by atoms with E-state index < -0.39 is 36.7 Å². The van der Waals surface area contributed by atoms with Gasteiger partial charge in [0.25, 0.3) is 0 Å². The van der Waals surface area contributed by atoms with Crippen molar-refractivity contribution in [2.75, 3.05) is 18.9 Å². The molecule has 3 unspecified atom stereocenters. The van der Waals surface area contributed by atoms with Crippen LogP contribution < -0.4 is 5.73 Å². The predicted molar refractivity (Wildman–Crippen MR) is 142 cm³/mol. The van der Waals surface area contributed by atoms with Gasteiger partial charge in [0, 0.05) is 12.6 Å². The maximum atomic E-state index is 12.0. The molecule has 2 aliphatic rings. The Balaban J connectivity index is 1.52. The van der Waals surface area contributed by atoms with Gasteiger partial charge in [-0.25, -0.2) is 15.0 Å². The first-order chi connectivity index (χ1) is 18.8. The Labute approximate surface area is 224 Å². The molecule has 1 saturated heterocycles. The van der Waals surface area contributed by atoms with E-state index in [0.29, 0.717) is 42.9 Å². The van der Waals surface area contributed by atoms with Gasteiger partial charge >= 0.3 is 5.97 Å². The quantitative estimate of drug-likeness (QED) is 0.275. The fourth-order valence-corrected chi connectivity index (χ4v) is 4.97. The van der Waals surface area contributed by atoms with Gasteiger partial charge in [-0.05, 0) is 43.4 Å². The van der Waals surface area contributed by atoms with Gasteiger partial charge < -0.3 is 30.5 Å². The summed E-state index contributed by atoms with van der Waals surface area (Å²) in [4.78, 5) is 30.5. The second-order valence-electron chi connectivity index (χ2n) is 9.68. The molecular weight excluding hydrogens is 504 g/mol. The van der Waals surface area contributed by atoms with Gasteiger partial charge in [-0.3, -0.25) is 14.4 Å². The molecule has 2 aliphatic heterocycles. The first kappa shape index (κ1) is 26.9. The Hall–Kier alpha value is -3.71. The highest BCUT2D eigenvalue weighted by atomic mass is 16.6. The molecule has 1 fully saturated rings. The summed E-state index contributed by atoms with van der Waals surface area (Å²) in [6, 6.07) is 9.97. The Morgan fingerprint density at radius 1 is 1.18 bits per heavy atom. The lowest BCUT2D eigenvalue weighted by atomic mass is 9.90. The number of aryl methyl sites for hydroxylation is 1. The number of imidazole rings is 1. The molecule has 0 amide bonds. The summed E-state index contributed by atoms with van der Waals surface area (Å²) in [7, 11) is 0. The van der Waals surface area contributed by atoms with E-state index in [1.807, 2.05) is 36.4 Å². The third kappa shape index (κ3) is 5.28. The number of carbonyl (C=O) groups is 1. The normalized spacial score (nSPS) is 26.3. The van der Waals surface area contributed by atoms with Crippen LogP contribution in [0.25, 0.3) is 11.2 Å². The molecule has 12 nitrogen and oxygen atoms in total. The Bertz CT molecular complexity index is 1390. The van der Waals surface area contributed by atoms with Gasteiger partial charge in [-0.15, -0.1) is 0 Å². The van der Waals surface area contributed by atoms with Crippen molar-refractivity contribution >= 4 is 29.2 Å². The number of aliphatic imine (C=N–C) groups is 1. The van der Waals surface area contributed by atoms with Gasteiger partial charge in [0.1, 0.15) is 29.4 Å². The number of esters is 1. The number of nitrogen functional groups attached to an aromatic ring is 1. The highest BCUT2D eigenvalue weighted by molar-refractivity contribution is 5.85. The minimum Gasteiger partial charge on any atom is -0.466 e. The molecule has 5 atom stereocenters. The molecule has 4 heterocycles. The van der Waals surface area contributed by atoms with Gasteiger partial charge in [0.05, 0.1) is 19.5 Å². The molecule has 0 radical (unpaired) electrons. The van der Waals surface area contributed by atoms with Gasteiger partial charge in [-0.2, -0.15) is 0 Å². The lowest BCUT2D eigenvalue weighted by molar-refractivity contribution is -0.143. The molecule has 206 valence electrons. The SMILES string of the molecule is CCOC(=O)CCC1=CC(CCc2ccccc2)(c2nc(N)c3ncn([C@@H]4O[C@H](CO)C(O)C4O)c3n2)N=C1. The van der Waals surface area contributed by atoms with Crippen LogP contribution in [-0.2, 0) is 26.2 Å². The summed E-state index contributed by atoms with van der Waals surface area (Å²) in [6.07, 6.45) is 2.40. The van der Waals surface area contributed by atoms with E-state index in [2.05, 4.69) is 9.97 Å². The van der Waals surface area contributed by atoms with Crippen LogP contribution in [0.15, 0.2) is 53.3 Å². The van der Waals surface area contributed by atoms with Crippen LogP contribution in [0.5, 0.6) is 0 Å². The predicted octanol–water partition coefficient (Wildman–Crippen LogP) is 1.20. The highest BCUT2D eigenvalue weighted by Gasteiger charge is 2.44. The molecule has 5 rings (SSSR count). The minimum absolute atomic E-state index is 0.128. The van der Waals surface area contributed by atoms with Crippen molar-refractivity contribution in [3.8, 4) is 0 Å². The Morgan fingerprint density at radius 2 is 1.97 bits per heavy atom. The highest BCUT2D eigenvalue weighted by Crippen LogP contribution is 2.38. The summed E-state index contributed by atoms with van der Waals surface area (Å²) >= 11 is 0. The molecule has 12 heteroatoms. The van der Waals surface area contributed by atoms with E-state index in [0.717, 1.165) is 11.1 Å². The second-order valence-corrected chi connectivity index (χ2v) is 9.68.